The van der Waals surface area contributed by atoms with Gasteiger partial charge in [-0.2, -0.15) is 0 Å². The molecular weight excluding hydrogens is 262 g/mol. The number of hydrogen-bond acceptors (Lipinski definition) is 3. The van der Waals surface area contributed by atoms with Crippen molar-refractivity contribution in [3.8, 4) is 0 Å². The lowest BCUT2D eigenvalue weighted by Crippen LogP contribution is -2.38. The number of nitrogens with zero attached hydrogens (tertiary/aromatic N) is 2. The van der Waals surface area contributed by atoms with E-state index in [4.69, 9.17) is 0 Å². The largest absolute Gasteiger partial charge is 0.348 e. The maximum absolute atomic E-state index is 12.3. The first kappa shape index (κ1) is 14.0. The summed E-state index contributed by atoms with van der Waals surface area (Å²) in [5.74, 6) is 0.729. The number of hydrogen-bond donors (Lipinski definition) is 1. The number of para-hydroxylation sites is 2. The van der Waals surface area contributed by atoms with Gasteiger partial charge in [0.15, 0.2) is 0 Å². The number of fused-ring (bicyclic) bond motifs is 1. The normalized spacial score (nSPS) is 22.1. The molecule has 21 heavy (non-hydrogen) atoms. The van der Waals surface area contributed by atoms with Gasteiger partial charge in [0.1, 0.15) is 5.69 Å². The fourth-order valence-electron chi connectivity index (χ4n) is 3.04. The van der Waals surface area contributed by atoms with Crippen LogP contribution in [0.25, 0.3) is 11.0 Å². The van der Waals surface area contributed by atoms with Gasteiger partial charge in [0.2, 0.25) is 0 Å². The lowest BCUT2D eigenvalue weighted by atomic mass is 9.84. The summed E-state index contributed by atoms with van der Waals surface area (Å²) in [5, 5.41) is 3.10. The van der Waals surface area contributed by atoms with Crippen LogP contribution in [0.3, 0.4) is 0 Å². The molecule has 4 heteroatoms. The highest BCUT2D eigenvalue weighted by atomic mass is 16.1. The van der Waals surface area contributed by atoms with Crippen LogP contribution in [0.2, 0.25) is 0 Å². The third kappa shape index (κ3) is 3.20. The topological polar surface area (TPSA) is 54.9 Å². The molecule has 1 saturated carbocycles. The van der Waals surface area contributed by atoms with Gasteiger partial charge in [0, 0.05) is 6.04 Å². The second-order valence-corrected chi connectivity index (χ2v) is 5.84. The van der Waals surface area contributed by atoms with Crippen molar-refractivity contribution in [1.82, 2.24) is 15.3 Å². The molecule has 1 amide bonds. The Morgan fingerprint density at radius 1 is 1.19 bits per heavy atom. The van der Waals surface area contributed by atoms with Crippen LogP contribution in [0.15, 0.2) is 30.5 Å². The van der Waals surface area contributed by atoms with Crippen molar-refractivity contribution in [2.45, 2.75) is 45.1 Å². The minimum absolute atomic E-state index is 0.104. The van der Waals surface area contributed by atoms with Gasteiger partial charge in [-0.15, -0.1) is 0 Å². The zero-order valence-electron chi connectivity index (χ0n) is 12.4. The Labute approximate surface area is 125 Å². The van der Waals surface area contributed by atoms with Crippen molar-refractivity contribution in [3.63, 3.8) is 0 Å². The highest BCUT2D eigenvalue weighted by Crippen LogP contribution is 2.26. The van der Waals surface area contributed by atoms with E-state index in [1.807, 2.05) is 24.3 Å². The monoisotopic (exact) mass is 283 g/mol. The predicted octanol–water partition coefficient (Wildman–Crippen LogP) is 3.33. The van der Waals surface area contributed by atoms with Crippen molar-refractivity contribution in [2.24, 2.45) is 5.92 Å². The van der Waals surface area contributed by atoms with Crippen LogP contribution in [-0.2, 0) is 0 Å². The summed E-state index contributed by atoms with van der Waals surface area (Å²) in [6, 6.07) is 7.89. The SMILES string of the molecule is CCC1CCC(NC(=O)c2cnc3ccccc3n2)CC1. The number of nitrogens with one attached hydrogen (secondary N) is 1. The fourth-order valence-corrected chi connectivity index (χ4v) is 3.04. The summed E-state index contributed by atoms with van der Waals surface area (Å²) in [5.41, 5.74) is 1.99. The standard InChI is InChI=1S/C17H21N3O/c1-2-12-7-9-13(10-8-12)19-17(21)16-11-18-14-5-3-4-6-15(14)20-16/h3-6,11-13H,2,7-10H2,1H3,(H,19,21). The smallest absolute Gasteiger partial charge is 0.271 e. The van der Waals surface area contributed by atoms with Gasteiger partial charge in [-0.3, -0.25) is 9.78 Å². The van der Waals surface area contributed by atoms with E-state index in [0.29, 0.717) is 5.69 Å². The number of rotatable bonds is 3. The van der Waals surface area contributed by atoms with E-state index in [2.05, 4.69) is 22.2 Å². The van der Waals surface area contributed by atoms with Gasteiger partial charge in [-0.1, -0.05) is 25.5 Å². The Hall–Kier alpha value is -1.97. The molecule has 1 aliphatic rings. The fraction of sp³-hybridized carbons (Fsp3) is 0.471. The van der Waals surface area contributed by atoms with Crippen LogP contribution in [0.1, 0.15) is 49.5 Å². The summed E-state index contributed by atoms with van der Waals surface area (Å²) < 4.78 is 0. The van der Waals surface area contributed by atoms with Gasteiger partial charge < -0.3 is 5.32 Å². The Bertz CT molecular complexity index is 633. The molecule has 0 saturated heterocycles. The van der Waals surface area contributed by atoms with Crippen molar-refractivity contribution in [2.75, 3.05) is 0 Å². The minimum Gasteiger partial charge on any atom is -0.348 e. The molecule has 4 nitrogen and oxygen atoms in total. The summed E-state index contributed by atoms with van der Waals surface area (Å²) in [4.78, 5) is 21.0. The summed E-state index contributed by atoms with van der Waals surface area (Å²) in [6.07, 6.45) is 7.39. The molecule has 0 spiro atoms. The maximum atomic E-state index is 12.3. The van der Waals surface area contributed by atoms with Gasteiger partial charge in [-0.25, -0.2) is 4.98 Å². The highest BCUT2D eigenvalue weighted by Gasteiger charge is 2.22. The molecule has 1 aromatic carbocycles. The highest BCUT2D eigenvalue weighted by molar-refractivity contribution is 5.93. The van der Waals surface area contributed by atoms with Crippen molar-refractivity contribution >= 4 is 16.9 Å². The lowest BCUT2D eigenvalue weighted by molar-refractivity contribution is 0.0916. The zero-order chi connectivity index (χ0) is 14.7. The van der Waals surface area contributed by atoms with E-state index in [1.165, 1.54) is 19.3 Å². The van der Waals surface area contributed by atoms with Crippen molar-refractivity contribution in [3.05, 3.63) is 36.2 Å². The molecule has 0 bridgehead atoms. The molecule has 1 aromatic heterocycles. The van der Waals surface area contributed by atoms with E-state index < -0.39 is 0 Å². The molecule has 0 atom stereocenters. The second kappa shape index (κ2) is 6.20. The molecule has 1 fully saturated rings. The molecule has 2 aromatic rings. The molecule has 3 rings (SSSR count). The molecular formula is C17H21N3O. The molecule has 110 valence electrons. The van der Waals surface area contributed by atoms with Gasteiger partial charge in [0.25, 0.3) is 5.91 Å². The first-order valence-corrected chi connectivity index (χ1v) is 7.79. The lowest BCUT2D eigenvalue weighted by Gasteiger charge is -2.28. The molecule has 1 N–H and O–H groups in total. The van der Waals surface area contributed by atoms with E-state index in [-0.39, 0.29) is 11.9 Å². The average Bonchev–Trinajstić information content (AvgIpc) is 2.55. The number of aromatic nitrogens is 2. The van der Waals surface area contributed by atoms with Crippen molar-refractivity contribution in [1.29, 1.82) is 0 Å². The quantitative estimate of drug-likeness (QED) is 0.940. The number of carbonyl (C=O) groups is 1. The van der Waals surface area contributed by atoms with Crippen molar-refractivity contribution < 1.29 is 4.79 Å². The van der Waals surface area contributed by atoms with Crippen LogP contribution >= 0.6 is 0 Å². The Morgan fingerprint density at radius 3 is 2.62 bits per heavy atom. The first-order chi connectivity index (χ1) is 10.3. The van der Waals surface area contributed by atoms with Crippen LogP contribution in [0.5, 0.6) is 0 Å². The maximum Gasteiger partial charge on any atom is 0.271 e. The Morgan fingerprint density at radius 2 is 1.90 bits per heavy atom. The van der Waals surface area contributed by atoms with E-state index in [9.17, 15) is 4.79 Å². The molecule has 0 unspecified atom stereocenters. The minimum atomic E-state index is -0.104. The van der Waals surface area contributed by atoms with E-state index in [0.717, 1.165) is 29.8 Å². The van der Waals surface area contributed by atoms with E-state index in [1.54, 1.807) is 6.20 Å². The predicted molar refractivity (Wildman–Crippen MR) is 83.0 cm³/mol. The van der Waals surface area contributed by atoms with Crippen LogP contribution in [0, 0.1) is 5.92 Å². The third-order valence-electron chi connectivity index (χ3n) is 4.44. The number of amides is 1. The number of benzene rings is 1. The number of carbonyl (C=O) groups excluding carboxylic acids is 1. The van der Waals surface area contributed by atoms with Gasteiger partial charge in [0.05, 0.1) is 17.2 Å². The van der Waals surface area contributed by atoms with Crippen LogP contribution in [-0.4, -0.2) is 21.9 Å². The van der Waals surface area contributed by atoms with Gasteiger partial charge in [-0.05, 0) is 43.7 Å². The zero-order valence-corrected chi connectivity index (χ0v) is 12.4. The molecule has 0 radical (unpaired) electrons. The Kier molecular flexibility index (Phi) is 4.13. The molecule has 1 heterocycles. The van der Waals surface area contributed by atoms with Gasteiger partial charge >= 0.3 is 0 Å². The van der Waals surface area contributed by atoms with E-state index >= 15 is 0 Å². The average molecular weight is 283 g/mol. The summed E-state index contributed by atoms with van der Waals surface area (Å²) >= 11 is 0. The first-order valence-electron chi connectivity index (χ1n) is 7.79. The second-order valence-electron chi connectivity index (χ2n) is 5.84. The molecule has 0 aliphatic heterocycles. The Balaban J connectivity index is 1.67. The molecule has 1 aliphatic carbocycles. The van der Waals surface area contributed by atoms with Crippen LogP contribution < -0.4 is 5.32 Å². The summed E-state index contributed by atoms with van der Waals surface area (Å²) in [6.45, 7) is 2.24. The summed E-state index contributed by atoms with van der Waals surface area (Å²) in [7, 11) is 0. The third-order valence-corrected chi connectivity index (χ3v) is 4.44. The van der Waals surface area contributed by atoms with Crippen LogP contribution in [0.4, 0.5) is 0 Å².